The van der Waals surface area contributed by atoms with Crippen molar-refractivity contribution in [1.29, 1.82) is 0 Å². The maximum atomic E-state index is 13.9. The average Bonchev–Trinajstić information content (AvgIpc) is 3.67. The number of nitrogens with one attached hydrogen (secondary N) is 2. The smallest absolute Gasteiger partial charge is 0.408 e. The van der Waals surface area contributed by atoms with Gasteiger partial charge >= 0.3 is 18.0 Å². The van der Waals surface area contributed by atoms with Crippen molar-refractivity contribution in [3.63, 3.8) is 0 Å². The molecular formula is C35H50N4O9. The van der Waals surface area contributed by atoms with Crippen LogP contribution in [-0.4, -0.2) is 94.0 Å². The van der Waals surface area contributed by atoms with Crippen LogP contribution in [0.4, 0.5) is 4.79 Å². The molecule has 0 radical (unpaired) electrons. The number of nitrogens with zero attached hydrogens (tertiary/aromatic N) is 2. The van der Waals surface area contributed by atoms with E-state index in [1.54, 1.807) is 72.7 Å². The number of alkyl carbamates (subject to hydrolysis) is 1. The van der Waals surface area contributed by atoms with Crippen LogP contribution in [0.15, 0.2) is 42.5 Å². The molecule has 4 atom stereocenters. The lowest BCUT2D eigenvalue weighted by molar-refractivity contribution is -0.158. The Morgan fingerprint density at radius 1 is 0.833 bits per heavy atom. The van der Waals surface area contributed by atoms with Gasteiger partial charge in [0, 0.05) is 13.1 Å². The van der Waals surface area contributed by atoms with Gasteiger partial charge in [-0.3, -0.25) is 14.4 Å². The molecule has 2 N–H and O–H groups in total. The Kier molecular flexibility index (Phi) is 12.8. The maximum Gasteiger partial charge on any atom is 0.408 e. The molecule has 0 aromatic heterocycles. The molecule has 1 aromatic rings. The highest BCUT2D eigenvalue weighted by Crippen LogP contribution is 2.26. The van der Waals surface area contributed by atoms with Crippen LogP contribution in [-0.2, 0) is 44.8 Å². The number of rotatable bonds is 11. The first-order valence-corrected chi connectivity index (χ1v) is 16.3. The van der Waals surface area contributed by atoms with Gasteiger partial charge in [-0.15, -0.1) is 0 Å². The highest BCUT2D eigenvalue weighted by molar-refractivity contribution is 5.95. The summed E-state index contributed by atoms with van der Waals surface area (Å²) >= 11 is 0. The standard InChI is InChI=1S/C35H50N4O9/c1-22(2)28(32(44)47-34(3,4)5)37-29(41)25-16-12-19-39(25)30(42)26-17-13-18-38(26)27(40)20-24(36-33(45)48-35(6,7)8)31(43)46-21-23-14-10-9-11-15-23/h9-11,14-15,24-26,28H,1,12-13,16-21H2,2-8H3,(H,36,45)(H,37,41)/t24-,25-,26+,28+/m1/s1. The minimum Gasteiger partial charge on any atom is -0.459 e. The van der Waals surface area contributed by atoms with Gasteiger partial charge in [0.25, 0.3) is 0 Å². The minimum atomic E-state index is -1.37. The van der Waals surface area contributed by atoms with E-state index in [-0.39, 0.29) is 13.2 Å². The molecular weight excluding hydrogens is 620 g/mol. The molecule has 4 amide bonds. The third-order valence-corrected chi connectivity index (χ3v) is 7.70. The second kappa shape index (κ2) is 16.1. The Bertz CT molecular complexity index is 1370. The van der Waals surface area contributed by atoms with E-state index in [1.807, 2.05) is 6.07 Å². The molecule has 13 heteroatoms. The summed E-state index contributed by atoms with van der Waals surface area (Å²) in [5.41, 5.74) is -0.515. The predicted molar refractivity (Wildman–Crippen MR) is 176 cm³/mol. The first-order chi connectivity index (χ1) is 22.4. The Labute approximate surface area is 282 Å². The van der Waals surface area contributed by atoms with Gasteiger partial charge in [-0.05, 0) is 85.3 Å². The number of amides is 4. The number of carbonyl (C=O) groups excluding carboxylic acids is 6. The SMILES string of the molecule is C=C(C)[C@H](NC(=O)[C@H]1CCCN1C(=O)[C@@H]1CCCN1C(=O)C[C@@H](NC(=O)OC(C)(C)C)C(=O)OCc1ccccc1)C(=O)OC(C)(C)C. The van der Waals surface area contributed by atoms with Gasteiger partial charge in [-0.25, -0.2) is 14.4 Å². The van der Waals surface area contributed by atoms with Crippen LogP contribution < -0.4 is 10.6 Å². The van der Waals surface area contributed by atoms with Crippen LogP contribution in [0.3, 0.4) is 0 Å². The van der Waals surface area contributed by atoms with Crippen molar-refractivity contribution in [2.45, 2.75) is 123 Å². The number of likely N-dealkylation sites (tertiary alicyclic amines) is 2. The number of ether oxygens (including phenoxy) is 3. The van der Waals surface area contributed by atoms with Crippen molar-refractivity contribution in [2.24, 2.45) is 0 Å². The lowest BCUT2D eigenvalue weighted by atomic mass is 10.1. The normalized spacial score (nSPS) is 19.1. The van der Waals surface area contributed by atoms with E-state index in [4.69, 9.17) is 14.2 Å². The zero-order valence-electron chi connectivity index (χ0n) is 29.1. The van der Waals surface area contributed by atoms with E-state index in [0.717, 1.165) is 5.56 Å². The highest BCUT2D eigenvalue weighted by atomic mass is 16.6. The molecule has 0 unspecified atom stereocenters. The summed E-state index contributed by atoms with van der Waals surface area (Å²) in [6.45, 7) is 16.1. The number of hydrogen-bond acceptors (Lipinski definition) is 9. The van der Waals surface area contributed by atoms with Crippen LogP contribution in [0.5, 0.6) is 0 Å². The van der Waals surface area contributed by atoms with Crippen LogP contribution in [0.1, 0.15) is 86.1 Å². The summed E-state index contributed by atoms with van der Waals surface area (Å²) in [6, 6.07) is 4.79. The van der Waals surface area contributed by atoms with Crippen LogP contribution >= 0.6 is 0 Å². The van der Waals surface area contributed by atoms with Crippen molar-refractivity contribution < 1.29 is 43.0 Å². The van der Waals surface area contributed by atoms with Gasteiger partial charge in [0.2, 0.25) is 17.7 Å². The number of benzene rings is 1. The largest absolute Gasteiger partial charge is 0.459 e. The number of carbonyl (C=O) groups is 6. The Morgan fingerprint density at radius 3 is 2.00 bits per heavy atom. The fourth-order valence-corrected chi connectivity index (χ4v) is 5.56. The van der Waals surface area contributed by atoms with Crippen molar-refractivity contribution in [1.82, 2.24) is 20.4 Å². The lowest BCUT2D eigenvalue weighted by Gasteiger charge is -2.32. The van der Waals surface area contributed by atoms with Crippen molar-refractivity contribution in [3.8, 4) is 0 Å². The summed E-state index contributed by atoms with van der Waals surface area (Å²) in [5, 5.41) is 5.15. The molecule has 2 heterocycles. The molecule has 2 aliphatic rings. The molecule has 1 aromatic carbocycles. The lowest BCUT2D eigenvalue weighted by Crippen LogP contribution is -2.56. The van der Waals surface area contributed by atoms with Crippen LogP contribution in [0.25, 0.3) is 0 Å². The zero-order chi connectivity index (χ0) is 35.8. The second-order valence-corrected chi connectivity index (χ2v) is 14.3. The Hall–Kier alpha value is -4.42. The molecule has 0 bridgehead atoms. The first-order valence-electron chi connectivity index (χ1n) is 16.3. The summed E-state index contributed by atoms with van der Waals surface area (Å²) < 4.78 is 16.2. The summed E-state index contributed by atoms with van der Waals surface area (Å²) in [6.07, 6.45) is 0.484. The quantitative estimate of drug-likeness (QED) is 0.204. The fraction of sp³-hybridized carbons (Fsp3) is 0.600. The van der Waals surface area contributed by atoms with Crippen molar-refractivity contribution in [2.75, 3.05) is 13.1 Å². The topological polar surface area (TPSA) is 161 Å². The molecule has 2 aliphatic heterocycles. The molecule has 0 spiro atoms. The van der Waals surface area contributed by atoms with Gasteiger partial charge in [-0.1, -0.05) is 36.9 Å². The van der Waals surface area contributed by atoms with E-state index in [9.17, 15) is 28.8 Å². The predicted octanol–water partition coefficient (Wildman–Crippen LogP) is 3.40. The average molecular weight is 671 g/mol. The van der Waals surface area contributed by atoms with Gasteiger partial charge < -0.3 is 34.6 Å². The molecule has 0 aliphatic carbocycles. The summed E-state index contributed by atoms with van der Waals surface area (Å²) in [5.74, 6) is -2.92. The molecule has 2 saturated heterocycles. The summed E-state index contributed by atoms with van der Waals surface area (Å²) in [7, 11) is 0. The zero-order valence-corrected chi connectivity index (χ0v) is 29.1. The molecule has 2 fully saturated rings. The molecule has 264 valence electrons. The first kappa shape index (κ1) is 38.0. The second-order valence-electron chi connectivity index (χ2n) is 14.3. The van der Waals surface area contributed by atoms with Crippen LogP contribution in [0, 0.1) is 0 Å². The third-order valence-electron chi connectivity index (χ3n) is 7.70. The van der Waals surface area contributed by atoms with Crippen molar-refractivity contribution in [3.05, 3.63) is 48.0 Å². The Morgan fingerprint density at radius 2 is 1.42 bits per heavy atom. The summed E-state index contributed by atoms with van der Waals surface area (Å²) in [4.78, 5) is 82.4. The van der Waals surface area contributed by atoms with Gasteiger partial charge in [0.1, 0.15) is 42.0 Å². The van der Waals surface area contributed by atoms with E-state index >= 15 is 0 Å². The van der Waals surface area contributed by atoms with E-state index in [2.05, 4.69) is 17.2 Å². The van der Waals surface area contributed by atoms with Crippen LogP contribution in [0.2, 0.25) is 0 Å². The van der Waals surface area contributed by atoms with E-state index in [0.29, 0.717) is 37.8 Å². The molecule has 48 heavy (non-hydrogen) atoms. The van der Waals surface area contributed by atoms with E-state index < -0.39 is 77.5 Å². The number of hydrogen-bond donors (Lipinski definition) is 2. The van der Waals surface area contributed by atoms with Gasteiger partial charge in [0.15, 0.2) is 0 Å². The molecule has 3 rings (SSSR count). The van der Waals surface area contributed by atoms with Crippen molar-refractivity contribution >= 4 is 35.8 Å². The minimum absolute atomic E-state index is 0.0657. The maximum absolute atomic E-state index is 13.9. The highest BCUT2D eigenvalue weighted by Gasteiger charge is 2.44. The molecule has 0 saturated carbocycles. The monoisotopic (exact) mass is 670 g/mol. The fourth-order valence-electron chi connectivity index (χ4n) is 5.56. The Balaban J connectivity index is 1.72. The van der Waals surface area contributed by atoms with Gasteiger partial charge in [0.05, 0.1) is 6.42 Å². The van der Waals surface area contributed by atoms with Gasteiger partial charge in [-0.2, -0.15) is 0 Å². The molecule has 13 nitrogen and oxygen atoms in total. The van der Waals surface area contributed by atoms with E-state index in [1.165, 1.54) is 9.80 Å². The number of esters is 2. The third kappa shape index (κ3) is 11.1.